The molecule has 0 spiro atoms. The van der Waals surface area contributed by atoms with Crippen molar-refractivity contribution in [3.05, 3.63) is 76.1 Å². The monoisotopic (exact) mass is 408 g/mol. The maximum absolute atomic E-state index is 12.2. The maximum atomic E-state index is 12.2. The zero-order valence-corrected chi connectivity index (χ0v) is 15.5. The predicted molar refractivity (Wildman–Crippen MR) is 106 cm³/mol. The van der Waals surface area contributed by atoms with Gasteiger partial charge in [0.2, 0.25) is 18.4 Å². The van der Waals surface area contributed by atoms with Gasteiger partial charge < -0.3 is 14.8 Å². The molecule has 0 unspecified atom stereocenters. The van der Waals surface area contributed by atoms with E-state index in [4.69, 9.17) is 9.47 Å². The second-order valence-corrected chi connectivity index (χ2v) is 6.16. The molecule has 0 bridgehead atoms. The van der Waals surface area contributed by atoms with Gasteiger partial charge in [-0.25, -0.2) is 9.97 Å². The van der Waals surface area contributed by atoms with E-state index < -0.39 is 16.5 Å². The van der Waals surface area contributed by atoms with E-state index in [9.17, 15) is 14.9 Å². The molecule has 2 heterocycles. The van der Waals surface area contributed by atoms with Crippen molar-refractivity contribution in [2.75, 3.05) is 17.5 Å². The number of benzene rings is 2. The van der Waals surface area contributed by atoms with Crippen LogP contribution in [-0.2, 0) is 6.54 Å². The van der Waals surface area contributed by atoms with Gasteiger partial charge >= 0.3 is 5.69 Å². The highest BCUT2D eigenvalue weighted by Crippen LogP contribution is 2.33. The molecule has 0 fully saturated rings. The fourth-order valence-corrected chi connectivity index (χ4v) is 2.79. The number of hydrazine groups is 1. The Morgan fingerprint density at radius 2 is 1.83 bits per heavy atom. The van der Waals surface area contributed by atoms with Crippen molar-refractivity contribution < 1.29 is 19.2 Å². The van der Waals surface area contributed by atoms with E-state index >= 15 is 0 Å². The Morgan fingerprint density at radius 1 is 1.07 bits per heavy atom. The Labute approximate surface area is 170 Å². The summed E-state index contributed by atoms with van der Waals surface area (Å²) in [5.74, 6) is 0.653. The summed E-state index contributed by atoms with van der Waals surface area (Å²) < 4.78 is 10.6. The number of anilines is 2. The number of carbonyl (C=O) groups is 1. The number of nitro groups is 1. The number of nitrogens with one attached hydrogen (secondary N) is 3. The van der Waals surface area contributed by atoms with Crippen LogP contribution in [-0.4, -0.2) is 27.6 Å². The van der Waals surface area contributed by atoms with Gasteiger partial charge in [0.25, 0.3) is 5.91 Å². The van der Waals surface area contributed by atoms with E-state index in [1.807, 2.05) is 6.07 Å². The molecular weight excluding hydrogens is 392 g/mol. The topological polar surface area (TPSA) is 141 Å². The van der Waals surface area contributed by atoms with E-state index in [1.165, 1.54) is 0 Å². The summed E-state index contributed by atoms with van der Waals surface area (Å²) in [7, 11) is 0. The van der Waals surface area contributed by atoms with Gasteiger partial charge in [-0.05, 0) is 29.8 Å². The van der Waals surface area contributed by atoms with E-state index in [0.29, 0.717) is 17.1 Å². The Hall–Kier alpha value is -4.41. The average molecular weight is 408 g/mol. The Kier molecular flexibility index (Phi) is 5.24. The lowest BCUT2D eigenvalue weighted by molar-refractivity contribution is -0.383. The normalized spacial score (nSPS) is 11.6. The zero-order valence-electron chi connectivity index (χ0n) is 15.5. The van der Waals surface area contributed by atoms with Crippen LogP contribution in [0.2, 0.25) is 0 Å². The summed E-state index contributed by atoms with van der Waals surface area (Å²) in [6.07, 6.45) is 1.16. The second kappa shape index (κ2) is 8.31. The first-order valence-corrected chi connectivity index (χ1v) is 8.85. The third-order valence-corrected chi connectivity index (χ3v) is 4.23. The summed E-state index contributed by atoms with van der Waals surface area (Å²) in [5, 5.41) is 14.5. The molecule has 4 rings (SSSR count). The van der Waals surface area contributed by atoms with Crippen LogP contribution in [0, 0.1) is 10.1 Å². The van der Waals surface area contributed by atoms with Gasteiger partial charge in [0, 0.05) is 12.1 Å². The van der Waals surface area contributed by atoms with Gasteiger partial charge in [0.1, 0.15) is 6.33 Å². The fraction of sp³-hybridized carbons (Fsp3) is 0.105. The molecule has 0 aliphatic carbocycles. The largest absolute Gasteiger partial charge is 0.454 e. The summed E-state index contributed by atoms with van der Waals surface area (Å²) in [6, 6.07) is 13.8. The quantitative estimate of drug-likeness (QED) is 0.397. The summed E-state index contributed by atoms with van der Waals surface area (Å²) in [5.41, 5.74) is 5.71. The Morgan fingerprint density at radius 3 is 2.63 bits per heavy atom. The standard InChI is InChI=1S/C19H16N6O5/c26-19(13-4-2-1-3-5-13)24-23-18-16(25(27)28)17(21-10-22-18)20-9-12-6-7-14-15(8-12)30-11-29-14/h1-8,10H,9,11H2,(H,24,26)(H2,20,21,22,23). The molecule has 11 nitrogen and oxygen atoms in total. The highest BCUT2D eigenvalue weighted by atomic mass is 16.7. The number of fused-ring (bicyclic) bond motifs is 1. The molecule has 30 heavy (non-hydrogen) atoms. The SMILES string of the molecule is O=C(NNc1ncnc(NCc2ccc3c(c2)OCO3)c1[N+](=O)[O-])c1ccccc1. The third kappa shape index (κ3) is 4.04. The van der Waals surface area contributed by atoms with Gasteiger partial charge in [-0.1, -0.05) is 24.3 Å². The molecule has 152 valence electrons. The van der Waals surface area contributed by atoms with Gasteiger partial charge in [-0.3, -0.25) is 25.8 Å². The number of amides is 1. The highest BCUT2D eigenvalue weighted by molar-refractivity contribution is 5.95. The van der Waals surface area contributed by atoms with Crippen LogP contribution < -0.4 is 25.6 Å². The smallest absolute Gasteiger partial charge is 0.354 e. The first-order valence-electron chi connectivity index (χ1n) is 8.85. The van der Waals surface area contributed by atoms with Gasteiger partial charge in [-0.2, -0.15) is 0 Å². The molecule has 1 amide bonds. The molecule has 0 saturated carbocycles. The molecule has 2 aromatic carbocycles. The number of ether oxygens (including phenoxy) is 2. The Balaban J connectivity index is 1.48. The molecule has 0 atom stereocenters. The number of carbonyl (C=O) groups excluding carboxylic acids is 1. The minimum atomic E-state index is -0.626. The minimum Gasteiger partial charge on any atom is -0.454 e. The second-order valence-electron chi connectivity index (χ2n) is 6.16. The summed E-state index contributed by atoms with van der Waals surface area (Å²) >= 11 is 0. The molecule has 3 N–H and O–H groups in total. The molecule has 11 heteroatoms. The van der Waals surface area contributed by atoms with Crippen LogP contribution in [0.5, 0.6) is 11.5 Å². The lowest BCUT2D eigenvalue weighted by Crippen LogP contribution is -2.30. The van der Waals surface area contributed by atoms with Gasteiger partial charge in [0.05, 0.1) is 4.92 Å². The lowest BCUT2D eigenvalue weighted by Gasteiger charge is -2.11. The van der Waals surface area contributed by atoms with Crippen molar-refractivity contribution in [3.63, 3.8) is 0 Å². The maximum Gasteiger partial charge on any atom is 0.354 e. The molecule has 1 aliphatic heterocycles. The zero-order chi connectivity index (χ0) is 20.9. The van der Waals surface area contributed by atoms with Crippen molar-refractivity contribution in [3.8, 4) is 11.5 Å². The number of rotatable bonds is 7. The minimum absolute atomic E-state index is 0.00382. The summed E-state index contributed by atoms with van der Waals surface area (Å²) in [4.78, 5) is 31.0. The molecular formula is C19H16N6O5. The number of aromatic nitrogens is 2. The van der Waals surface area contributed by atoms with Crippen molar-refractivity contribution in [1.82, 2.24) is 15.4 Å². The molecule has 0 saturated heterocycles. The van der Waals surface area contributed by atoms with Crippen LogP contribution in [0.25, 0.3) is 0 Å². The van der Waals surface area contributed by atoms with Gasteiger partial charge in [0.15, 0.2) is 11.5 Å². The predicted octanol–water partition coefficient (Wildman–Crippen LogP) is 2.48. The van der Waals surface area contributed by atoms with Crippen LogP contribution in [0.3, 0.4) is 0 Å². The molecule has 0 radical (unpaired) electrons. The molecule has 1 aromatic heterocycles. The first-order chi connectivity index (χ1) is 14.6. The van der Waals surface area contributed by atoms with E-state index in [0.717, 1.165) is 11.9 Å². The first kappa shape index (κ1) is 18.9. The van der Waals surface area contributed by atoms with E-state index in [-0.39, 0.29) is 25.0 Å². The molecule has 1 aliphatic rings. The van der Waals surface area contributed by atoms with Crippen molar-refractivity contribution in [2.24, 2.45) is 0 Å². The van der Waals surface area contributed by atoms with Crippen molar-refractivity contribution in [2.45, 2.75) is 6.54 Å². The van der Waals surface area contributed by atoms with Crippen LogP contribution >= 0.6 is 0 Å². The average Bonchev–Trinajstić information content (AvgIpc) is 3.24. The third-order valence-electron chi connectivity index (χ3n) is 4.23. The lowest BCUT2D eigenvalue weighted by atomic mass is 10.2. The van der Waals surface area contributed by atoms with Crippen LogP contribution in [0.15, 0.2) is 54.9 Å². The number of hydrogen-bond donors (Lipinski definition) is 3. The van der Waals surface area contributed by atoms with Crippen LogP contribution in [0.4, 0.5) is 17.3 Å². The van der Waals surface area contributed by atoms with E-state index in [2.05, 4.69) is 26.1 Å². The number of nitrogens with zero attached hydrogens (tertiary/aromatic N) is 3. The van der Waals surface area contributed by atoms with Gasteiger partial charge in [-0.15, -0.1) is 0 Å². The van der Waals surface area contributed by atoms with Crippen molar-refractivity contribution in [1.29, 1.82) is 0 Å². The highest BCUT2D eigenvalue weighted by Gasteiger charge is 2.23. The fourth-order valence-electron chi connectivity index (χ4n) is 2.79. The summed E-state index contributed by atoms with van der Waals surface area (Å²) in [6.45, 7) is 0.414. The van der Waals surface area contributed by atoms with Crippen molar-refractivity contribution >= 4 is 23.2 Å². The molecule has 3 aromatic rings. The van der Waals surface area contributed by atoms with Crippen LogP contribution in [0.1, 0.15) is 15.9 Å². The number of hydrogen-bond acceptors (Lipinski definition) is 9. The Bertz CT molecular complexity index is 1090. The van der Waals surface area contributed by atoms with E-state index in [1.54, 1.807) is 42.5 Å².